The van der Waals surface area contributed by atoms with E-state index < -0.39 is 10.0 Å². The van der Waals surface area contributed by atoms with Crippen molar-refractivity contribution in [2.75, 3.05) is 13.7 Å². The predicted octanol–water partition coefficient (Wildman–Crippen LogP) is 2.35. The third-order valence-corrected chi connectivity index (χ3v) is 5.95. The molecule has 1 aliphatic heterocycles. The smallest absolute Gasteiger partial charge is 0.307 e. The maximum Gasteiger partial charge on any atom is 0.307 e. The van der Waals surface area contributed by atoms with Gasteiger partial charge in [0, 0.05) is 12.6 Å². The van der Waals surface area contributed by atoms with Gasteiger partial charge in [-0.2, -0.15) is 4.31 Å². The van der Waals surface area contributed by atoms with E-state index >= 15 is 0 Å². The van der Waals surface area contributed by atoms with Gasteiger partial charge in [0.25, 0.3) is 0 Å². The Bertz CT molecular complexity index is 649. The first kappa shape index (κ1) is 17.0. The Morgan fingerprint density at radius 3 is 2.45 bits per heavy atom. The van der Waals surface area contributed by atoms with Crippen LogP contribution in [0.2, 0.25) is 0 Å². The van der Waals surface area contributed by atoms with Gasteiger partial charge >= 0.3 is 5.97 Å². The molecule has 0 spiro atoms. The number of methoxy groups -OCH3 is 1. The molecule has 0 amide bonds. The van der Waals surface area contributed by atoms with Gasteiger partial charge in [-0.25, -0.2) is 8.42 Å². The molecule has 0 N–H and O–H groups in total. The first-order chi connectivity index (χ1) is 10.2. The molecule has 1 saturated heterocycles. The topological polar surface area (TPSA) is 63.7 Å². The van der Waals surface area contributed by atoms with Crippen molar-refractivity contribution in [3.8, 4) is 0 Å². The molecule has 1 aromatic rings. The highest BCUT2D eigenvalue weighted by Crippen LogP contribution is 2.38. The van der Waals surface area contributed by atoms with Crippen molar-refractivity contribution in [2.45, 2.75) is 44.6 Å². The molecule has 1 atom stereocenters. The van der Waals surface area contributed by atoms with Crippen molar-refractivity contribution in [3.63, 3.8) is 0 Å². The number of carbonyl (C=O) groups excluding carboxylic acids is 1. The van der Waals surface area contributed by atoms with Crippen LogP contribution in [0.1, 0.15) is 32.3 Å². The molecule has 5 nitrogen and oxygen atoms in total. The minimum absolute atomic E-state index is 0.0883. The zero-order valence-electron chi connectivity index (χ0n) is 13.5. The first-order valence-electron chi connectivity index (χ1n) is 7.31. The normalized spacial score (nSPS) is 21.7. The summed E-state index contributed by atoms with van der Waals surface area (Å²) in [5, 5.41) is 0. The lowest BCUT2D eigenvalue weighted by molar-refractivity contribution is -0.141. The van der Waals surface area contributed by atoms with Gasteiger partial charge < -0.3 is 4.74 Å². The summed E-state index contributed by atoms with van der Waals surface area (Å²) >= 11 is 0. The Balaban J connectivity index is 2.34. The number of nitrogens with zero attached hydrogens (tertiary/aromatic N) is 1. The summed E-state index contributed by atoms with van der Waals surface area (Å²) in [6.07, 6.45) is 0.734. The van der Waals surface area contributed by atoms with Gasteiger partial charge in [-0.05, 0) is 30.9 Å². The quantitative estimate of drug-likeness (QED) is 0.797. The van der Waals surface area contributed by atoms with Crippen molar-refractivity contribution in [1.29, 1.82) is 0 Å². The van der Waals surface area contributed by atoms with Crippen LogP contribution in [0.4, 0.5) is 0 Å². The number of aryl methyl sites for hydroxylation is 1. The molecule has 0 unspecified atom stereocenters. The average molecular weight is 325 g/mol. The summed E-state index contributed by atoms with van der Waals surface area (Å²) in [6.45, 7) is 6.35. The van der Waals surface area contributed by atoms with Crippen molar-refractivity contribution in [2.24, 2.45) is 5.41 Å². The van der Waals surface area contributed by atoms with Crippen LogP contribution in [0.15, 0.2) is 29.2 Å². The first-order valence-corrected chi connectivity index (χ1v) is 8.75. The monoisotopic (exact) mass is 325 g/mol. The molecule has 6 heteroatoms. The van der Waals surface area contributed by atoms with E-state index in [1.165, 1.54) is 11.4 Å². The van der Waals surface area contributed by atoms with Gasteiger partial charge in [0.15, 0.2) is 0 Å². The van der Waals surface area contributed by atoms with Crippen molar-refractivity contribution in [3.05, 3.63) is 29.8 Å². The van der Waals surface area contributed by atoms with E-state index in [1.807, 2.05) is 20.8 Å². The zero-order valence-corrected chi connectivity index (χ0v) is 14.3. The van der Waals surface area contributed by atoms with Gasteiger partial charge in [-0.15, -0.1) is 0 Å². The SMILES string of the molecule is COC(=O)C[C@H]1CC(C)(C)CN1S(=O)(=O)c1ccc(C)cc1. The van der Waals surface area contributed by atoms with Gasteiger partial charge in [0.2, 0.25) is 10.0 Å². The molecule has 1 heterocycles. The lowest BCUT2D eigenvalue weighted by Crippen LogP contribution is -2.37. The number of carbonyl (C=O) groups is 1. The third kappa shape index (κ3) is 3.50. The highest BCUT2D eigenvalue weighted by molar-refractivity contribution is 7.89. The maximum atomic E-state index is 12.9. The molecule has 0 radical (unpaired) electrons. The van der Waals surface area contributed by atoms with Crippen molar-refractivity contribution in [1.82, 2.24) is 4.31 Å². The molecule has 2 rings (SSSR count). The Kier molecular flexibility index (Phi) is 4.63. The van der Waals surface area contributed by atoms with Gasteiger partial charge in [0.05, 0.1) is 18.4 Å². The summed E-state index contributed by atoms with van der Waals surface area (Å²) in [5.74, 6) is -0.383. The minimum Gasteiger partial charge on any atom is -0.469 e. The predicted molar refractivity (Wildman–Crippen MR) is 83.9 cm³/mol. The van der Waals surface area contributed by atoms with Crippen LogP contribution in [0.25, 0.3) is 0 Å². The van der Waals surface area contributed by atoms with Crippen LogP contribution in [0, 0.1) is 12.3 Å². The summed E-state index contributed by atoms with van der Waals surface area (Å²) in [6, 6.07) is 6.44. The van der Waals surface area contributed by atoms with Crippen LogP contribution >= 0.6 is 0 Å². The Hall–Kier alpha value is -1.40. The van der Waals surface area contributed by atoms with Crippen LogP contribution in [0.5, 0.6) is 0 Å². The number of hydrogen-bond donors (Lipinski definition) is 0. The number of esters is 1. The lowest BCUT2D eigenvalue weighted by atomic mass is 9.90. The number of benzene rings is 1. The number of rotatable bonds is 4. The van der Waals surface area contributed by atoms with Gasteiger partial charge in [0.1, 0.15) is 0 Å². The second-order valence-electron chi connectivity index (χ2n) is 6.67. The molecule has 0 saturated carbocycles. The molecule has 22 heavy (non-hydrogen) atoms. The lowest BCUT2D eigenvalue weighted by Gasteiger charge is -2.23. The Labute approximate surface area is 132 Å². The molecule has 0 aliphatic carbocycles. The second-order valence-corrected chi connectivity index (χ2v) is 8.56. The van der Waals surface area contributed by atoms with Gasteiger partial charge in [-0.1, -0.05) is 31.5 Å². The van der Waals surface area contributed by atoms with Crippen LogP contribution in [-0.2, 0) is 19.6 Å². The fraction of sp³-hybridized carbons (Fsp3) is 0.562. The molecule has 122 valence electrons. The fourth-order valence-corrected chi connectivity index (χ4v) is 4.74. The van der Waals surface area contributed by atoms with Crippen LogP contribution in [0.3, 0.4) is 0 Å². The van der Waals surface area contributed by atoms with E-state index in [9.17, 15) is 13.2 Å². The minimum atomic E-state index is -3.60. The number of sulfonamides is 1. The van der Waals surface area contributed by atoms with E-state index in [4.69, 9.17) is 4.74 Å². The highest BCUT2D eigenvalue weighted by Gasteiger charge is 2.44. The Morgan fingerprint density at radius 2 is 1.91 bits per heavy atom. The summed E-state index contributed by atoms with van der Waals surface area (Å²) in [7, 11) is -2.28. The van der Waals surface area contributed by atoms with Crippen LogP contribution < -0.4 is 0 Å². The molecule has 1 aromatic carbocycles. The molecule has 0 aromatic heterocycles. The number of ether oxygens (including phenoxy) is 1. The molecule has 0 bridgehead atoms. The third-order valence-electron chi connectivity index (χ3n) is 4.04. The van der Waals surface area contributed by atoms with Gasteiger partial charge in [-0.3, -0.25) is 4.79 Å². The second kappa shape index (κ2) is 6.01. The standard InChI is InChI=1S/C16H23NO4S/c1-12-5-7-14(8-6-12)22(19,20)17-11-16(2,3)10-13(17)9-15(18)21-4/h5-8,13H,9-11H2,1-4H3/t13-/m0/s1. The largest absolute Gasteiger partial charge is 0.469 e. The van der Waals surface area contributed by atoms with E-state index in [1.54, 1.807) is 24.3 Å². The molecule has 1 aliphatic rings. The molecular weight excluding hydrogens is 302 g/mol. The number of hydrogen-bond acceptors (Lipinski definition) is 4. The zero-order chi connectivity index (χ0) is 16.5. The van der Waals surface area contributed by atoms with E-state index in [0.717, 1.165) is 5.56 Å². The summed E-state index contributed by atoms with van der Waals surface area (Å²) < 4.78 is 31.9. The summed E-state index contributed by atoms with van der Waals surface area (Å²) in [5.41, 5.74) is 0.850. The highest BCUT2D eigenvalue weighted by atomic mass is 32.2. The van der Waals surface area contributed by atoms with E-state index in [2.05, 4.69) is 0 Å². The van der Waals surface area contributed by atoms with Crippen molar-refractivity contribution < 1.29 is 17.9 Å². The van der Waals surface area contributed by atoms with Crippen LogP contribution in [-0.4, -0.2) is 38.4 Å². The molecular formula is C16H23NO4S. The summed E-state index contributed by atoms with van der Waals surface area (Å²) in [4.78, 5) is 11.9. The average Bonchev–Trinajstić information content (AvgIpc) is 2.74. The molecule has 1 fully saturated rings. The maximum absolute atomic E-state index is 12.9. The fourth-order valence-electron chi connectivity index (χ4n) is 2.93. The Morgan fingerprint density at radius 1 is 1.32 bits per heavy atom. The van der Waals surface area contributed by atoms with Crippen molar-refractivity contribution >= 4 is 16.0 Å². The van der Waals surface area contributed by atoms with E-state index in [-0.39, 0.29) is 28.7 Å². The van der Waals surface area contributed by atoms with E-state index in [0.29, 0.717) is 13.0 Å².